The number of hydrogen-bond acceptors (Lipinski definition) is 4. The Balaban J connectivity index is 2.04. The zero-order valence-corrected chi connectivity index (χ0v) is 10.4. The van der Waals surface area contributed by atoms with E-state index >= 15 is 0 Å². The van der Waals surface area contributed by atoms with Crippen LogP contribution < -0.4 is 15.5 Å². The maximum absolute atomic E-state index is 10.9. The molecule has 0 aliphatic carbocycles. The second-order valence-corrected chi connectivity index (χ2v) is 3.94. The summed E-state index contributed by atoms with van der Waals surface area (Å²) < 4.78 is 5.62. The van der Waals surface area contributed by atoms with Crippen LogP contribution in [-0.2, 0) is 4.79 Å². The predicted molar refractivity (Wildman–Crippen MR) is 72.7 cm³/mol. The molecule has 0 bridgehead atoms. The van der Waals surface area contributed by atoms with Crippen LogP contribution >= 0.6 is 0 Å². The lowest BCUT2D eigenvalue weighted by molar-refractivity contribution is -0.114. The zero-order chi connectivity index (χ0) is 13.7. The molecule has 5 heteroatoms. The molecule has 3 N–H and O–H groups in total. The van der Waals surface area contributed by atoms with E-state index in [1.807, 2.05) is 5.48 Å². The van der Waals surface area contributed by atoms with Crippen LogP contribution in [0.4, 0.5) is 11.4 Å². The molecule has 0 unspecified atom stereocenters. The third-order valence-corrected chi connectivity index (χ3v) is 2.39. The van der Waals surface area contributed by atoms with Gasteiger partial charge in [-0.1, -0.05) is 0 Å². The van der Waals surface area contributed by atoms with E-state index in [0.29, 0.717) is 17.2 Å². The summed E-state index contributed by atoms with van der Waals surface area (Å²) in [6, 6.07) is 13.9. The highest BCUT2D eigenvalue weighted by Gasteiger charge is 1.99. The van der Waals surface area contributed by atoms with Gasteiger partial charge in [-0.05, 0) is 48.5 Å². The summed E-state index contributed by atoms with van der Waals surface area (Å²) in [4.78, 5) is 10.9. The highest BCUT2D eigenvalue weighted by atomic mass is 16.5. The van der Waals surface area contributed by atoms with Crippen molar-refractivity contribution in [2.24, 2.45) is 0 Å². The van der Waals surface area contributed by atoms with Gasteiger partial charge in [-0.3, -0.25) is 15.5 Å². The number of amides is 1. The number of anilines is 2. The molecule has 2 aromatic rings. The lowest BCUT2D eigenvalue weighted by Gasteiger charge is -2.07. The van der Waals surface area contributed by atoms with Crippen molar-refractivity contribution in [2.45, 2.75) is 6.92 Å². The smallest absolute Gasteiger partial charge is 0.221 e. The summed E-state index contributed by atoms with van der Waals surface area (Å²) in [5.74, 6) is 1.21. The Bertz CT molecular complexity index is 550. The first kappa shape index (κ1) is 12.9. The quantitative estimate of drug-likeness (QED) is 0.736. The van der Waals surface area contributed by atoms with E-state index in [4.69, 9.17) is 9.94 Å². The summed E-state index contributed by atoms with van der Waals surface area (Å²) in [7, 11) is 0. The summed E-state index contributed by atoms with van der Waals surface area (Å²) in [5.41, 5.74) is 3.36. The Morgan fingerprint density at radius 2 is 1.42 bits per heavy atom. The Morgan fingerprint density at radius 1 is 0.947 bits per heavy atom. The van der Waals surface area contributed by atoms with Crippen molar-refractivity contribution >= 4 is 17.3 Å². The molecule has 98 valence electrons. The molecule has 0 atom stereocenters. The van der Waals surface area contributed by atoms with Crippen molar-refractivity contribution in [3.05, 3.63) is 48.5 Å². The van der Waals surface area contributed by atoms with Gasteiger partial charge in [0.2, 0.25) is 5.91 Å². The van der Waals surface area contributed by atoms with Gasteiger partial charge >= 0.3 is 0 Å². The van der Waals surface area contributed by atoms with E-state index in [2.05, 4.69) is 5.32 Å². The molecule has 5 nitrogen and oxygen atoms in total. The van der Waals surface area contributed by atoms with E-state index in [0.717, 1.165) is 5.69 Å². The number of rotatable bonds is 4. The number of benzene rings is 2. The Morgan fingerprint density at radius 3 is 1.84 bits per heavy atom. The molecule has 2 aromatic carbocycles. The highest BCUT2D eigenvalue weighted by Crippen LogP contribution is 2.24. The fourth-order valence-corrected chi connectivity index (χ4v) is 1.54. The first-order valence-electron chi connectivity index (χ1n) is 5.73. The van der Waals surface area contributed by atoms with Gasteiger partial charge in [0.25, 0.3) is 0 Å². The van der Waals surface area contributed by atoms with Crippen LogP contribution in [0.3, 0.4) is 0 Å². The van der Waals surface area contributed by atoms with Crippen LogP contribution in [0.25, 0.3) is 0 Å². The van der Waals surface area contributed by atoms with Crippen molar-refractivity contribution in [3.63, 3.8) is 0 Å². The van der Waals surface area contributed by atoms with Crippen LogP contribution in [0.2, 0.25) is 0 Å². The Hall–Kier alpha value is -2.53. The fourth-order valence-electron chi connectivity index (χ4n) is 1.54. The Kier molecular flexibility index (Phi) is 4.00. The van der Waals surface area contributed by atoms with Crippen LogP contribution in [-0.4, -0.2) is 11.1 Å². The van der Waals surface area contributed by atoms with Gasteiger partial charge in [0, 0.05) is 12.6 Å². The van der Waals surface area contributed by atoms with Gasteiger partial charge in [-0.25, -0.2) is 0 Å². The first-order chi connectivity index (χ1) is 9.17. The van der Waals surface area contributed by atoms with Crippen molar-refractivity contribution in [3.8, 4) is 11.5 Å². The standard InChI is InChI=1S/C14H14N2O3/c1-10(17)15-11-2-6-13(7-3-11)19-14-8-4-12(16-18)5-9-14/h2-9,16,18H,1H3,(H,15,17). The number of nitrogens with one attached hydrogen (secondary N) is 2. The number of ether oxygens (including phenoxy) is 1. The SMILES string of the molecule is CC(=O)Nc1ccc(Oc2ccc(NO)cc2)cc1. The van der Waals surface area contributed by atoms with Crippen LogP contribution in [0, 0.1) is 0 Å². The number of carbonyl (C=O) groups is 1. The van der Waals surface area contributed by atoms with Crippen molar-refractivity contribution < 1.29 is 14.7 Å². The van der Waals surface area contributed by atoms with Gasteiger partial charge in [0.15, 0.2) is 0 Å². The normalized spacial score (nSPS) is 9.79. The molecular formula is C14H14N2O3. The molecule has 0 aliphatic heterocycles. The largest absolute Gasteiger partial charge is 0.457 e. The maximum atomic E-state index is 10.9. The lowest BCUT2D eigenvalue weighted by Crippen LogP contribution is -2.05. The molecule has 0 heterocycles. The summed E-state index contributed by atoms with van der Waals surface area (Å²) in [6.07, 6.45) is 0. The van der Waals surface area contributed by atoms with Gasteiger partial charge in [-0.2, -0.15) is 0 Å². The Labute approximate surface area is 110 Å². The molecule has 2 rings (SSSR count). The summed E-state index contributed by atoms with van der Waals surface area (Å²) in [6.45, 7) is 1.46. The average molecular weight is 258 g/mol. The monoisotopic (exact) mass is 258 g/mol. The zero-order valence-electron chi connectivity index (χ0n) is 10.4. The topological polar surface area (TPSA) is 70.6 Å². The minimum atomic E-state index is -0.110. The minimum absolute atomic E-state index is 0.110. The van der Waals surface area contributed by atoms with Gasteiger partial charge in [0.1, 0.15) is 11.5 Å². The van der Waals surface area contributed by atoms with Crippen molar-refractivity contribution in [1.29, 1.82) is 0 Å². The molecule has 0 radical (unpaired) electrons. The fraction of sp³-hybridized carbons (Fsp3) is 0.0714. The van der Waals surface area contributed by atoms with E-state index in [9.17, 15) is 4.79 Å². The lowest BCUT2D eigenvalue weighted by atomic mass is 10.3. The van der Waals surface area contributed by atoms with Crippen molar-refractivity contribution in [2.75, 3.05) is 10.8 Å². The van der Waals surface area contributed by atoms with E-state index < -0.39 is 0 Å². The molecule has 1 amide bonds. The molecule has 0 aliphatic rings. The number of hydrogen-bond donors (Lipinski definition) is 3. The van der Waals surface area contributed by atoms with Crippen molar-refractivity contribution in [1.82, 2.24) is 0 Å². The third kappa shape index (κ3) is 3.72. The molecule has 0 aromatic heterocycles. The second-order valence-electron chi connectivity index (χ2n) is 3.94. The van der Waals surface area contributed by atoms with E-state index in [1.54, 1.807) is 48.5 Å². The molecule has 19 heavy (non-hydrogen) atoms. The minimum Gasteiger partial charge on any atom is -0.457 e. The van der Waals surface area contributed by atoms with Gasteiger partial charge in [-0.15, -0.1) is 0 Å². The number of carbonyl (C=O) groups excluding carboxylic acids is 1. The maximum Gasteiger partial charge on any atom is 0.221 e. The average Bonchev–Trinajstić information content (AvgIpc) is 2.41. The van der Waals surface area contributed by atoms with Gasteiger partial charge < -0.3 is 10.1 Å². The molecule has 0 saturated carbocycles. The first-order valence-corrected chi connectivity index (χ1v) is 5.73. The highest BCUT2D eigenvalue weighted by molar-refractivity contribution is 5.88. The molecule has 0 fully saturated rings. The van der Waals surface area contributed by atoms with Gasteiger partial charge in [0.05, 0.1) is 5.69 Å². The second kappa shape index (κ2) is 5.88. The van der Waals surface area contributed by atoms with E-state index in [-0.39, 0.29) is 5.91 Å². The van der Waals surface area contributed by atoms with Crippen LogP contribution in [0.15, 0.2) is 48.5 Å². The van der Waals surface area contributed by atoms with Crippen LogP contribution in [0.5, 0.6) is 11.5 Å². The van der Waals surface area contributed by atoms with E-state index in [1.165, 1.54) is 6.92 Å². The predicted octanol–water partition coefficient (Wildman–Crippen LogP) is 3.24. The summed E-state index contributed by atoms with van der Waals surface area (Å²) >= 11 is 0. The third-order valence-electron chi connectivity index (χ3n) is 2.39. The molecule has 0 saturated heterocycles. The van der Waals surface area contributed by atoms with Crippen LogP contribution in [0.1, 0.15) is 6.92 Å². The summed E-state index contributed by atoms with van der Waals surface area (Å²) in [5, 5.41) is 11.4. The molecule has 0 spiro atoms. The molecular weight excluding hydrogens is 244 g/mol.